The van der Waals surface area contributed by atoms with E-state index >= 15 is 0 Å². The second-order valence-corrected chi connectivity index (χ2v) is 4.93. The first kappa shape index (κ1) is 9.62. The molecule has 3 nitrogen and oxygen atoms in total. The molecule has 2 heterocycles. The molecule has 0 aliphatic carbocycles. The Hall–Kier alpha value is 0.0700. The van der Waals surface area contributed by atoms with Gasteiger partial charge in [0, 0.05) is 36.4 Å². The van der Waals surface area contributed by atoms with Crippen LogP contribution in [0.5, 0.6) is 0 Å². The van der Waals surface area contributed by atoms with Crippen molar-refractivity contribution in [3.8, 4) is 0 Å². The van der Waals surface area contributed by atoms with E-state index < -0.39 is 0 Å². The van der Waals surface area contributed by atoms with Gasteiger partial charge in [0.2, 0.25) is 0 Å². The van der Waals surface area contributed by atoms with Gasteiger partial charge < -0.3 is 5.21 Å². The summed E-state index contributed by atoms with van der Waals surface area (Å²) in [5.74, 6) is 2.98. The first-order valence-corrected chi connectivity index (χ1v) is 6.12. The highest BCUT2D eigenvalue weighted by Crippen LogP contribution is 2.31. The van der Waals surface area contributed by atoms with Crippen molar-refractivity contribution in [2.75, 3.05) is 30.6 Å². The molecule has 2 aliphatic heterocycles. The van der Waals surface area contributed by atoms with Crippen LogP contribution in [0.2, 0.25) is 0 Å². The van der Waals surface area contributed by atoms with Gasteiger partial charge in [0.15, 0.2) is 0 Å². The van der Waals surface area contributed by atoms with Crippen molar-refractivity contribution in [2.24, 2.45) is 17.0 Å². The van der Waals surface area contributed by atoms with Gasteiger partial charge in [0.1, 0.15) is 0 Å². The molecule has 0 aromatic rings. The van der Waals surface area contributed by atoms with Crippen LogP contribution in [-0.4, -0.2) is 46.4 Å². The highest BCUT2D eigenvalue weighted by molar-refractivity contribution is 7.99. The molecule has 13 heavy (non-hydrogen) atoms. The van der Waals surface area contributed by atoms with Gasteiger partial charge in [0.05, 0.1) is 11.7 Å². The third-order valence-corrected chi connectivity index (χ3v) is 4.33. The Bertz CT molecular complexity index is 208. The first-order valence-electron chi connectivity index (χ1n) is 4.43. The van der Waals surface area contributed by atoms with Crippen molar-refractivity contribution in [1.82, 2.24) is 4.90 Å². The molecule has 2 fully saturated rings. The molecule has 1 N–H and O–H groups in total. The number of rotatable bonds is 1. The highest BCUT2D eigenvalue weighted by Gasteiger charge is 2.36. The Morgan fingerprint density at radius 3 is 2.54 bits per heavy atom. The molecule has 0 saturated carbocycles. The fourth-order valence-corrected chi connectivity index (χ4v) is 3.56. The Labute approximate surface area is 87.1 Å². The normalized spacial score (nSPS) is 34.7. The summed E-state index contributed by atoms with van der Waals surface area (Å²) in [5, 5.41) is 12.3. The predicted molar refractivity (Wildman–Crippen MR) is 55.8 cm³/mol. The lowest BCUT2D eigenvalue weighted by molar-refractivity contribution is 0.236. The van der Waals surface area contributed by atoms with Gasteiger partial charge in [-0.3, -0.25) is 4.90 Å². The number of alkyl halides is 1. The van der Waals surface area contributed by atoms with Gasteiger partial charge in [-0.2, -0.15) is 11.8 Å². The number of hydrogen-bond acceptors (Lipinski definition) is 4. The van der Waals surface area contributed by atoms with Gasteiger partial charge in [-0.25, -0.2) is 0 Å². The Morgan fingerprint density at radius 2 is 2.08 bits per heavy atom. The van der Waals surface area contributed by atoms with E-state index in [0.29, 0.717) is 17.8 Å². The zero-order valence-corrected chi connectivity index (χ0v) is 8.89. The SMILES string of the molecule is ON=C1C2CSCC1CN(CCl)C2. The molecule has 5 heteroatoms. The minimum Gasteiger partial charge on any atom is -0.411 e. The molecular weight excluding hydrogens is 208 g/mol. The molecular formula is C8H13ClN2OS. The van der Waals surface area contributed by atoms with E-state index in [0.717, 1.165) is 30.3 Å². The second kappa shape index (κ2) is 4.07. The van der Waals surface area contributed by atoms with Crippen LogP contribution < -0.4 is 0 Å². The topological polar surface area (TPSA) is 35.8 Å². The fraction of sp³-hybridized carbons (Fsp3) is 0.875. The van der Waals surface area contributed by atoms with Crippen LogP contribution in [0, 0.1) is 11.8 Å². The van der Waals surface area contributed by atoms with Gasteiger partial charge >= 0.3 is 0 Å². The van der Waals surface area contributed by atoms with Gasteiger partial charge in [-0.15, -0.1) is 11.6 Å². The molecule has 2 aliphatic rings. The van der Waals surface area contributed by atoms with Crippen molar-refractivity contribution >= 4 is 29.1 Å². The number of piperidine rings is 1. The minimum atomic E-state index is 0.418. The molecule has 2 atom stereocenters. The van der Waals surface area contributed by atoms with Crippen LogP contribution >= 0.6 is 23.4 Å². The molecule has 0 aromatic carbocycles. The summed E-state index contributed by atoms with van der Waals surface area (Å²) >= 11 is 7.76. The monoisotopic (exact) mass is 220 g/mol. The summed E-state index contributed by atoms with van der Waals surface area (Å²) in [6.45, 7) is 1.90. The Kier molecular flexibility index (Phi) is 3.01. The summed E-state index contributed by atoms with van der Waals surface area (Å²) in [6, 6.07) is 0.594. The van der Waals surface area contributed by atoms with Crippen molar-refractivity contribution < 1.29 is 5.21 Å². The van der Waals surface area contributed by atoms with Crippen molar-refractivity contribution in [1.29, 1.82) is 0 Å². The van der Waals surface area contributed by atoms with Crippen molar-refractivity contribution in [3.05, 3.63) is 0 Å². The number of fused-ring (bicyclic) bond motifs is 2. The van der Waals surface area contributed by atoms with E-state index in [1.54, 1.807) is 0 Å². The van der Waals surface area contributed by atoms with E-state index in [1.165, 1.54) is 0 Å². The van der Waals surface area contributed by atoms with Gasteiger partial charge in [0.25, 0.3) is 0 Å². The zero-order chi connectivity index (χ0) is 9.26. The standard InChI is InChI=1S/C8H13ClN2OS/c9-5-11-1-6-3-13-4-7(2-11)8(6)10-12/h6-7,12H,1-5H2. The minimum absolute atomic E-state index is 0.418. The van der Waals surface area contributed by atoms with Gasteiger partial charge in [-0.1, -0.05) is 5.16 Å². The van der Waals surface area contributed by atoms with E-state index in [-0.39, 0.29) is 0 Å². The van der Waals surface area contributed by atoms with Crippen LogP contribution in [0.4, 0.5) is 0 Å². The molecule has 2 bridgehead atoms. The summed E-state index contributed by atoms with van der Waals surface area (Å²) in [5.41, 5.74) is 1.00. The van der Waals surface area contributed by atoms with Crippen LogP contribution in [0.3, 0.4) is 0 Å². The summed E-state index contributed by atoms with van der Waals surface area (Å²) in [7, 11) is 0. The lowest BCUT2D eigenvalue weighted by Crippen LogP contribution is -2.50. The molecule has 0 amide bonds. The molecule has 0 aromatic heterocycles. The molecule has 0 radical (unpaired) electrons. The number of oxime groups is 1. The van der Waals surface area contributed by atoms with E-state index in [4.69, 9.17) is 16.8 Å². The van der Waals surface area contributed by atoms with Crippen molar-refractivity contribution in [2.45, 2.75) is 0 Å². The number of halogens is 1. The number of hydrogen-bond donors (Lipinski definition) is 1. The molecule has 2 saturated heterocycles. The lowest BCUT2D eigenvalue weighted by Gasteiger charge is -2.40. The number of thioether (sulfide) groups is 1. The van der Waals surface area contributed by atoms with Crippen LogP contribution in [0.25, 0.3) is 0 Å². The Balaban J connectivity index is 2.12. The molecule has 74 valence electrons. The molecule has 2 rings (SSSR count). The summed E-state index contributed by atoms with van der Waals surface area (Å²) < 4.78 is 0. The predicted octanol–water partition coefficient (Wildman–Crippen LogP) is 1.31. The maximum Gasteiger partial charge on any atom is 0.0738 e. The molecule has 2 unspecified atom stereocenters. The quantitative estimate of drug-likeness (QED) is 0.313. The maximum atomic E-state index is 8.88. The smallest absolute Gasteiger partial charge is 0.0738 e. The third-order valence-electron chi connectivity index (χ3n) is 2.72. The van der Waals surface area contributed by atoms with E-state index in [9.17, 15) is 0 Å². The number of likely N-dealkylation sites (tertiary alicyclic amines) is 1. The largest absolute Gasteiger partial charge is 0.411 e. The van der Waals surface area contributed by atoms with E-state index in [1.807, 2.05) is 11.8 Å². The first-order chi connectivity index (χ1) is 6.35. The highest BCUT2D eigenvalue weighted by atomic mass is 35.5. The summed E-state index contributed by atoms with van der Waals surface area (Å²) in [6.07, 6.45) is 0. The number of nitrogens with zero attached hydrogens (tertiary/aromatic N) is 2. The van der Waals surface area contributed by atoms with Gasteiger partial charge in [-0.05, 0) is 0 Å². The maximum absolute atomic E-state index is 8.88. The average Bonchev–Trinajstić information content (AvgIpc) is 2.15. The lowest BCUT2D eigenvalue weighted by atomic mass is 9.89. The fourth-order valence-electron chi connectivity index (χ4n) is 2.11. The second-order valence-electron chi connectivity index (χ2n) is 3.61. The Morgan fingerprint density at radius 1 is 1.46 bits per heavy atom. The van der Waals surface area contributed by atoms with Crippen LogP contribution in [0.1, 0.15) is 0 Å². The summed E-state index contributed by atoms with van der Waals surface area (Å²) in [4.78, 5) is 2.23. The van der Waals surface area contributed by atoms with Crippen molar-refractivity contribution in [3.63, 3.8) is 0 Å². The third kappa shape index (κ3) is 1.80. The average molecular weight is 221 g/mol. The zero-order valence-electron chi connectivity index (χ0n) is 7.32. The van der Waals surface area contributed by atoms with E-state index in [2.05, 4.69) is 10.1 Å². The van der Waals surface area contributed by atoms with Crippen LogP contribution in [-0.2, 0) is 0 Å². The molecule has 0 spiro atoms. The van der Waals surface area contributed by atoms with Crippen LogP contribution in [0.15, 0.2) is 5.16 Å².